The maximum absolute atomic E-state index is 11.7. The number of hydrogen-bond acceptors (Lipinski definition) is 3. The normalized spacial score (nSPS) is 10.8. The van der Waals surface area contributed by atoms with Crippen LogP contribution in [-0.4, -0.2) is 32.6 Å². The van der Waals surface area contributed by atoms with Gasteiger partial charge in [0.15, 0.2) is 0 Å². The molecule has 1 aromatic rings. The van der Waals surface area contributed by atoms with E-state index in [4.69, 9.17) is 11.6 Å². The van der Waals surface area contributed by atoms with E-state index in [0.717, 1.165) is 24.3 Å². The van der Waals surface area contributed by atoms with Crippen molar-refractivity contribution in [2.45, 2.75) is 27.3 Å². The van der Waals surface area contributed by atoms with Crippen molar-refractivity contribution in [2.24, 2.45) is 5.92 Å². The van der Waals surface area contributed by atoms with Gasteiger partial charge < -0.3 is 15.5 Å². The first kappa shape index (κ1) is 17.8. The van der Waals surface area contributed by atoms with Crippen LogP contribution in [0.5, 0.6) is 0 Å². The number of likely N-dealkylation sites (N-methyl/N-ethyl adjacent to an activating group) is 2. The van der Waals surface area contributed by atoms with Gasteiger partial charge >= 0.3 is 0 Å². The zero-order valence-electron chi connectivity index (χ0n) is 13.4. The molecule has 0 aromatic heterocycles. The smallest absolute Gasteiger partial charge is 0.239 e. The Kier molecular flexibility index (Phi) is 7.54. The SMILES string of the molecule is CCNC(=O)CN(C)c1c(Cl)cccc1CNCC(C)C. The van der Waals surface area contributed by atoms with Gasteiger partial charge in [-0.1, -0.05) is 37.6 Å². The molecule has 0 aliphatic rings. The van der Waals surface area contributed by atoms with Gasteiger partial charge in [-0.05, 0) is 31.0 Å². The third-order valence-electron chi connectivity index (χ3n) is 3.07. The molecule has 0 atom stereocenters. The van der Waals surface area contributed by atoms with Crippen LogP contribution in [0.25, 0.3) is 0 Å². The summed E-state index contributed by atoms with van der Waals surface area (Å²) < 4.78 is 0. The number of rotatable bonds is 8. The van der Waals surface area contributed by atoms with Crippen molar-refractivity contribution < 1.29 is 4.79 Å². The average molecular weight is 312 g/mol. The van der Waals surface area contributed by atoms with Crippen molar-refractivity contribution in [3.8, 4) is 0 Å². The summed E-state index contributed by atoms with van der Waals surface area (Å²) in [5.74, 6) is 0.599. The van der Waals surface area contributed by atoms with Crippen molar-refractivity contribution in [3.05, 3.63) is 28.8 Å². The van der Waals surface area contributed by atoms with Crippen LogP contribution in [0, 0.1) is 5.92 Å². The predicted molar refractivity (Wildman–Crippen MR) is 90.0 cm³/mol. The Morgan fingerprint density at radius 2 is 2.10 bits per heavy atom. The van der Waals surface area contributed by atoms with E-state index < -0.39 is 0 Å². The molecular weight excluding hydrogens is 286 g/mol. The fourth-order valence-corrected chi connectivity index (χ4v) is 2.51. The van der Waals surface area contributed by atoms with Crippen LogP contribution in [0.1, 0.15) is 26.3 Å². The fourth-order valence-electron chi connectivity index (χ4n) is 2.17. The van der Waals surface area contributed by atoms with Crippen LogP contribution in [-0.2, 0) is 11.3 Å². The predicted octanol–water partition coefficient (Wildman–Crippen LogP) is 2.66. The molecule has 0 heterocycles. The van der Waals surface area contributed by atoms with Gasteiger partial charge in [-0.15, -0.1) is 0 Å². The molecule has 1 aromatic carbocycles. The third kappa shape index (κ3) is 5.94. The largest absolute Gasteiger partial charge is 0.364 e. The molecule has 0 saturated carbocycles. The van der Waals surface area contributed by atoms with E-state index in [1.807, 2.05) is 37.1 Å². The van der Waals surface area contributed by atoms with Gasteiger partial charge in [-0.3, -0.25) is 4.79 Å². The van der Waals surface area contributed by atoms with Gasteiger partial charge in [0.2, 0.25) is 5.91 Å². The Bertz CT molecular complexity index is 463. The molecule has 0 aliphatic heterocycles. The number of carbonyl (C=O) groups is 1. The third-order valence-corrected chi connectivity index (χ3v) is 3.38. The molecule has 21 heavy (non-hydrogen) atoms. The number of halogens is 1. The highest BCUT2D eigenvalue weighted by Crippen LogP contribution is 2.29. The number of anilines is 1. The lowest BCUT2D eigenvalue weighted by molar-refractivity contribution is -0.119. The first-order valence-electron chi connectivity index (χ1n) is 7.41. The first-order valence-corrected chi connectivity index (χ1v) is 7.79. The van der Waals surface area contributed by atoms with E-state index in [1.54, 1.807) is 0 Å². The van der Waals surface area contributed by atoms with Crippen molar-refractivity contribution in [2.75, 3.05) is 31.6 Å². The van der Waals surface area contributed by atoms with E-state index in [0.29, 0.717) is 24.0 Å². The Morgan fingerprint density at radius 1 is 1.38 bits per heavy atom. The van der Waals surface area contributed by atoms with Gasteiger partial charge in [-0.25, -0.2) is 0 Å². The molecule has 0 fully saturated rings. The highest BCUT2D eigenvalue weighted by Gasteiger charge is 2.14. The summed E-state index contributed by atoms with van der Waals surface area (Å²) in [5, 5.41) is 6.89. The number of para-hydroxylation sites is 1. The minimum Gasteiger partial charge on any atom is -0.364 e. The second-order valence-corrected chi connectivity index (χ2v) is 5.99. The molecule has 0 spiro atoms. The van der Waals surface area contributed by atoms with Crippen LogP contribution >= 0.6 is 11.6 Å². The summed E-state index contributed by atoms with van der Waals surface area (Å²) in [6.45, 7) is 8.89. The van der Waals surface area contributed by atoms with Crippen LogP contribution in [0.15, 0.2) is 18.2 Å². The molecule has 1 rings (SSSR count). The van der Waals surface area contributed by atoms with E-state index in [9.17, 15) is 4.79 Å². The van der Waals surface area contributed by atoms with Gasteiger partial charge in [0.25, 0.3) is 0 Å². The first-order chi connectivity index (χ1) is 9.95. The lowest BCUT2D eigenvalue weighted by Crippen LogP contribution is -2.35. The molecule has 0 saturated heterocycles. The highest BCUT2D eigenvalue weighted by molar-refractivity contribution is 6.33. The molecule has 4 nitrogen and oxygen atoms in total. The maximum atomic E-state index is 11.7. The molecule has 2 N–H and O–H groups in total. The van der Waals surface area contributed by atoms with E-state index >= 15 is 0 Å². The lowest BCUT2D eigenvalue weighted by Gasteiger charge is -2.23. The van der Waals surface area contributed by atoms with Crippen LogP contribution in [0.2, 0.25) is 5.02 Å². The highest BCUT2D eigenvalue weighted by atomic mass is 35.5. The Labute approximate surface area is 132 Å². The van der Waals surface area contributed by atoms with Gasteiger partial charge in [0.1, 0.15) is 0 Å². The second-order valence-electron chi connectivity index (χ2n) is 5.58. The van der Waals surface area contributed by atoms with Crippen molar-refractivity contribution >= 4 is 23.2 Å². The molecule has 0 radical (unpaired) electrons. The zero-order valence-corrected chi connectivity index (χ0v) is 14.1. The monoisotopic (exact) mass is 311 g/mol. The summed E-state index contributed by atoms with van der Waals surface area (Å²) in [6.07, 6.45) is 0. The minimum atomic E-state index is 0.000935. The zero-order chi connectivity index (χ0) is 15.8. The van der Waals surface area contributed by atoms with E-state index in [2.05, 4.69) is 24.5 Å². The molecule has 1 amide bonds. The van der Waals surface area contributed by atoms with Crippen LogP contribution < -0.4 is 15.5 Å². The fraction of sp³-hybridized carbons (Fsp3) is 0.562. The van der Waals surface area contributed by atoms with Crippen molar-refractivity contribution in [3.63, 3.8) is 0 Å². The lowest BCUT2D eigenvalue weighted by atomic mass is 10.1. The number of nitrogens with one attached hydrogen (secondary N) is 2. The number of benzene rings is 1. The van der Waals surface area contributed by atoms with Crippen LogP contribution in [0.3, 0.4) is 0 Å². The Balaban J connectivity index is 2.81. The number of nitrogens with zero attached hydrogens (tertiary/aromatic N) is 1. The molecule has 0 aliphatic carbocycles. The quantitative estimate of drug-likeness (QED) is 0.776. The Hall–Kier alpha value is -1.26. The van der Waals surface area contributed by atoms with Crippen molar-refractivity contribution in [1.29, 1.82) is 0 Å². The van der Waals surface area contributed by atoms with Crippen molar-refractivity contribution in [1.82, 2.24) is 10.6 Å². The minimum absolute atomic E-state index is 0.000935. The number of amides is 1. The van der Waals surface area contributed by atoms with Gasteiger partial charge in [-0.2, -0.15) is 0 Å². The van der Waals surface area contributed by atoms with E-state index in [1.165, 1.54) is 0 Å². The number of hydrogen-bond donors (Lipinski definition) is 2. The standard InChI is InChI=1S/C16H26ClN3O/c1-5-19-15(21)11-20(4)16-13(7-6-8-14(16)17)10-18-9-12(2)3/h6-8,12,18H,5,9-11H2,1-4H3,(H,19,21). The van der Waals surface area contributed by atoms with Crippen LogP contribution in [0.4, 0.5) is 5.69 Å². The summed E-state index contributed by atoms with van der Waals surface area (Å²) in [6, 6.07) is 5.85. The maximum Gasteiger partial charge on any atom is 0.239 e. The van der Waals surface area contributed by atoms with Gasteiger partial charge in [0, 0.05) is 20.1 Å². The molecular formula is C16H26ClN3O. The summed E-state index contributed by atoms with van der Waals surface area (Å²) in [5.41, 5.74) is 2.02. The van der Waals surface area contributed by atoms with E-state index in [-0.39, 0.29) is 5.91 Å². The molecule has 0 bridgehead atoms. The summed E-state index contributed by atoms with van der Waals surface area (Å²) in [7, 11) is 1.89. The topological polar surface area (TPSA) is 44.4 Å². The summed E-state index contributed by atoms with van der Waals surface area (Å²) in [4.78, 5) is 13.6. The molecule has 0 unspecified atom stereocenters. The average Bonchev–Trinajstić information content (AvgIpc) is 2.38. The second kappa shape index (κ2) is 8.90. The Morgan fingerprint density at radius 3 is 2.71 bits per heavy atom. The van der Waals surface area contributed by atoms with Gasteiger partial charge in [0.05, 0.1) is 17.3 Å². The molecule has 118 valence electrons. The molecule has 5 heteroatoms. The number of carbonyl (C=O) groups excluding carboxylic acids is 1. The summed E-state index contributed by atoms with van der Waals surface area (Å²) >= 11 is 6.33.